The Bertz CT molecular complexity index is 1110. The number of nitrogens with zero attached hydrogens (tertiary/aromatic N) is 3. The van der Waals surface area contributed by atoms with Crippen LogP contribution in [0.25, 0.3) is 16.9 Å². The van der Waals surface area contributed by atoms with Crippen LogP contribution in [0.3, 0.4) is 0 Å². The van der Waals surface area contributed by atoms with E-state index in [9.17, 15) is 9.59 Å². The number of esters is 1. The minimum atomic E-state index is -0.167. The molecular formula is C25H28N4O4. The van der Waals surface area contributed by atoms with Crippen LogP contribution in [0.4, 0.5) is 5.82 Å². The molecule has 1 aliphatic heterocycles. The van der Waals surface area contributed by atoms with Gasteiger partial charge in [-0.25, -0.2) is 4.68 Å². The number of ether oxygens (including phenoxy) is 2. The van der Waals surface area contributed by atoms with Gasteiger partial charge in [-0.15, -0.1) is 0 Å². The number of nitrogens with two attached hydrogens (primary N) is 1. The Morgan fingerprint density at radius 1 is 1.06 bits per heavy atom. The maximum atomic E-state index is 12.9. The number of hydrogen-bond acceptors (Lipinski definition) is 6. The molecule has 8 heteroatoms. The number of hydrogen-bond donors (Lipinski definition) is 1. The predicted octanol–water partition coefficient (Wildman–Crippen LogP) is 3.55. The molecule has 2 N–H and O–H groups in total. The van der Waals surface area contributed by atoms with Gasteiger partial charge in [0.1, 0.15) is 11.6 Å². The third-order valence-corrected chi connectivity index (χ3v) is 5.88. The molecule has 2 heterocycles. The van der Waals surface area contributed by atoms with E-state index in [1.54, 1.807) is 35.7 Å². The summed E-state index contributed by atoms with van der Waals surface area (Å²) >= 11 is 0. The monoisotopic (exact) mass is 448 g/mol. The number of methoxy groups -OCH3 is 1. The first kappa shape index (κ1) is 22.4. The summed E-state index contributed by atoms with van der Waals surface area (Å²) in [5.41, 5.74) is 9.24. The van der Waals surface area contributed by atoms with E-state index < -0.39 is 0 Å². The van der Waals surface area contributed by atoms with Crippen LogP contribution >= 0.6 is 0 Å². The van der Waals surface area contributed by atoms with Crippen LogP contribution in [0.15, 0.2) is 54.6 Å². The molecule has 0 radical (unpaired) electrons. The lowest BCUT2D eigenvalue weighted by molar-refractivity contribution is -0.149. The third-order valence-electron chi connectivity index (χ3n) is 5.88. The minimum Gasteiger partial charge on any atom is -0.497 e. The highest BCUT2D eigenvalue weighted by atomic mass is 16.5. The average Bonchev–Trinajstić information content (AvgIpc) is 3.25. The van der Waals surface area contributed by atoms with Crippen LogP contribution < -0.4 is 10.5 Å². The highest BCUT2D eigenvalue weighted by Crippen LogP contribution is 2.26. The van der Waals surface area contributed by atoms with Crippen molar-refractivity contribution in [2.45, 2.75) is 19.8 Å². The molecule has 8 nitrogen and oxygen atoms in total. The van der Waals surface area contributed by atoms with E-state index in [4.69, 9.17) is 15.2 Å². The summed E-state index contributed by atoms with van der Waals surface area (Å²) in [5.74, 6) is 0.938. The summed E-state index contributed by atoms with van der Waals surface area (Å²) in [5, 5.41) is 4.62. The highest BCUT2D eigenvalue weighted by Gasteiger charge is 2.28. The minimum absolute atomic E-state index is 0.0452. The molecule has 3 aromatic rings. The Morgan fingerprint density at radius 3 is 2.33 bits per heavy atom. The zero-order valence-electron chi connectivity index (χ0n) is 18.9. The van der Waals surface area contributed by atoms with Gasteiger partial charge in [-0.1, -0.05) is 0 Å². The van der Waals surface area contributed by atoms with Gasteiger partial charge in [-0.2, -0.15) is 5.10 Å². The molecule has 0 spiro atoms. The lowest BCUT2D eigenvalue weighted by Gasteiger charge is -2.31. The lowest BCUT2D eigenvalue weighted by Crippen LogP contribution is -2.40. The maximum Gasteiger partial charge on any atom is 0.309 e. The fourth-order valence-electron chi connectivity index (χ4n) is 4.01. The van der Waals surface area contributed by atoms with Crippen LogP contribution in [0.1, 0.15) is 30.1 Å². The number of amides is 1. The molecular weight excluding hydrogens is 420 g/mol. The zero-order chi connectivity index (χ0) is 23.4. The molecule has 172 valence electrons. The third kappa shape index (κ3) is 4.84. The van der Waals surface area contributed by atoms with Crippen LogP contribution in [-0.2, 0) is 9.53 Å². The molecule has 1 fully saturated rings. The average molecular weight is 449 g/mol. The van der Waals surface area contributed by atoms with Gasteiger partial charge in [0, 0.05) is 30.3 Å². The van der Waals surface area contributed by atoms with Gasteiger partial charge in [-0.3, -0.25) is 9.59 Å². The summed E-state index contributed by atoms with van der Waals surface area (Å²) < 4.78 is 12.0. The molecule has 1 aromatic heterocycles. The zero-order valence-corrected chi connectivity index (χ0v) is 18.9. The Morgan fingerprint density at radius 2 is 1.73 bits per heavy atom. The van der Waals surface area contributed by atoms with Crippen LogP contribution in [-0.4, -0.2) is 53.4 Å². The second-order valence-electron chi connectivity index (χ2n) is 7.96. The molecule has 0 unspecified atom stereocenters. The normalized spacial score (nSPS) is 14.2. The molecule has 0 aliphatic carbocycles. The van der Waals surface area contributed by atoms with E-state index in [0.29, 0.717) is 43.9 Å². The van der Waals surface area contributed by atoms with Gasteiger partial charge < -0.3 is 20.1 Å². The van der Waals surface area contributed by atoms with Crippen LogP contribution in [0.5, 0.6) is 5.75 Å². The van der Waals surface area contributed by atoms with Crippen molar-refractivity contribution in [2.75, 3.05) is 32.5 Å². The molecule has 1 aliphatic rings. The Kier molecular flexibility index (Phi) is 6.63. The summed E-state index contributed by atoms with van der Waals surface area (Å²) in [6.45, 7) is 3.27. The van der Waals surface area contributed by atoms with E-state index in [1.807, 2.05) is 42.5 Å². The largest absolute Gasteiger partial charge is 0.497 e. The second-order valence-corrected chi connectivity index (χ2v) is 7.96. The topological polar surface area (TPSA) is 99.7 Å². The summed E-state index contributed by atoms with van der Waals surface area (Å²) in [7, 11) is 1.63. The molecule has 0 atom stereocenters. The molecule has 1 amide bonds. The highest BCUT2D eigenvalue weighted by molar-refractivity contribution is 5.94. The van der Waals surface area contributed by atoms with Crippen molar-refractivity contribution in [1.29, 1.82) is 0 Å². The van der Waals surface area contributed by atoms with Crippen molar-refractivity contribution in [3.63, 3.8) is 0 Å². The van der Waals surface area contributed by atoms with Crippen LogP contribution in [0.2, 0.25) is 0 Å². The van der Waals surface area contributed by atoms with Crippen molar-refractivity contribution in [3.8, 4) is 22.7 Å². The van der Waals surface area contributed by atoms with E-state index in [0.717, 1.165) is 22.7 Å². The fourth-order valence-corrected chi connectivity index (χ4v) is 4.01. The first-order valence-corrected chi connectivity index (χ1v) is 11.1. The Labute approximate surface area is 192 Å². The molecule has 1 saturated heterocycles. The molecule has 2 aromatic carbocycles. The summed E-state index contributed by atoms with van der Waals surface area (Å²) in [4.78, 5) is 26.6. The Balaban J connectivity index is 1.44. The molecule has 4 rings (SSSR count). The summed E-state index contributed by atoms with van der Waals surface area (Å²) in [6, 6.07) is 16.7. The number of anilines is 1. The number of piperidine rings is 1. The van der Waals surface area contributed by atoms with Gasteiger partial charge in [0.15, 0.2) is 0 Å². The van der Waals surface area contributed by atoms with Crippen molar-refractivity contribution < 1.29 is 19.1 Å². The number of rotatable bonds is 6. The summed E-state index contributed by atoms with van der Waals surface area (Å²) in [6.07, 6.45) is 1.25. The number of carbonyl (C=O) groups is 2. The lowest BCUT2D eigenvalue weighted by atomic mass is 9.96. The predicted molar refractivity (Wildman–Crippen MR) is 125 cm³/mol. The molecule has 33 heavy (non-hydrogen) atoms. The number of aromatic nitrogens is 2. The van der Waals surface area contributed by atoms with Crippen molar-refractivity contribution in [3.05, 3.63) is 60.2 Å². The number of carbonyl (C=O) groups excluding carboxylic acids is 2. The quantitative estimate of drug-likeness (QED) is 0.579. The van der Waals surface area contributed by atoms with Crippen molar-refractivity contribution in [1.82, 2.24) is 14.7 Å². The van der Waals surface area contributed by atoms with E-state index >= 15 is 0 Å². The van der Waals surface area contributed by atoms with Crippen molar-refractivity contribution >= 4 is 17.7 Å². The van der Waals surface area contributed by atoms with E-state index in [1.165, 1.54) is 0 Å². The SMILES string of the molecule is CCOC(=O)C1CCN(C(=O)c2ccc(-n3nc(-c4ccc(OC)cc4)cc3N)cc2)CC1. The standard InChI is InChI=1S/C25H28N4O4/c1-3-33-25(31)19-12-14-28(15-13-19)24(30)18-4-8-20(9-5-18)29-23(26)16-22(27-29)17-6-10-21(32-2)11-7-17/h4-11,16,19H,3,12-15,26H2,1-2H3. The Hall–Kier alpha value is -3.81. The van der Waals surface area contributed by atoms with Gasteiger partial charge in [0.05, 0.1) is 31.0 Å². The molecule has 0 bridgehead atoms. The van der Waals surface area contributed by atoms with Crippen molar-refractivity contribution in [2.24, 2.45) is 5.92 Å². The van der Waals surface area contributed by atoms with E-state index in [-0.39, 0.29) is 17.8 Å². The van der Waals surface area contributed by atoms with Gasteiger partial charge in [0.25, 0.3) is 5.91 Å². The number of likely N-dealkylation sites (tertiary alicyclic amines) is 1. The van der Waals surface area contributed by atoms with Gasteiger partial charge >= 0.3 is 5.97 Å². The van der Waals surface area contributed by atoms with E-state index in [2.05, 4.69) is 5.10 Å². The maximum absolute atomic E-state index is 12.9. The van der Waals surface area contributed by atoms with Gasteiger partial charge in [0.2, 0.25) is 0 Å². The molecule has 0 saturated carbocycles. The first-order valence-electron chi connectivity index (χ1n) is 11.1. The smallest absolute Gasteiger partial charge is 0.309 e. The van der Waals surface area contributed by atoms with Crippen LogP contribution in [0, 0.1) is 5.92 Å². The number of benzene rings is 2. The van der Waals surface area contributed by atoms with Gasteiger partial charge in [-0.05, 0) is 68.3 Å². The second kappa shape index (κ2) is 9.77. The first-order chi connectivity index (χ1) is 16.0. The number of nitrogen functional groups attached to an aromatic ring is 1. The fraction of sp³-hybridized carbons (Fsp3) is 0.320.